The van der Waals surface area contributed by atoms with Crippen LogP contribution in [0.15, 0.2) is 43.0 Å². The van der Waals surface area contributed by atoms with Gasteiger partial charge < -0.3 is 14.6 Å². The van der Waals surface area contributed by atoms with Crippen molar-refractivity contribution in [1.29, 1.82) is 0 Å². The molecule has 2 aliphatic rings. The fourth-order valence-corrected chi connectivity index (χ4v) is 5.22. The first kappa shape index (κ1) is 21.8. The second kappa shape index (κ2) is 8.23. The van der Waals surface area contributed by atoms with Crippen molar-refractivity contribution < 1.29 is 13.6 Å². The van der Waals surface area contributed by atoms with Crippen molar-refractivity contribution in [2.24, 2.45) is 0 Å². The molecule has 0 radical (unpaired) electrons. The predicted octanol–water partition coefficient (Wildman–Crippen LogP) is 3.60. The molecule has 1 amide bonds. The minimum absolute atomic E-state index is 0.0311. The highest BCUT2D eigenvalue weighted by Gasteiger charge is 2.51. The Balaban J connectivity index is 1.31. The van der Waals surface area contributed by atoms with Crippen molar-refractivity contribution in [2.45, 2.75) is 25.3 Å². The number of amides is 1. The molecule has 1 spiro atoms. The number of aromatic nitrogens is 4. The highest BCUT2D eigenvalue weighted by molar-refractivity contribution is 6.13. The normalized spacial score (nSPS) is 17.4. The number of hydrogen-bond donors (Lipinski definition) is 1. The number of halogens is 2. The SMILES string of the molecule is Cc1cn2cc(NC(=O)c3ccc(N4CCN(CCF)C5(CC5)C4)c4nccnc34)cc(F)c2n1. The Morgan fingerprint density at radius 1 is 1.14 bits per heavy atom. The first-order valence-electron chi connectivity index (χ1n) is 11.7. The van der Waals surface area contributed by atoms with E-state index in [1.165, 1.54) is 6.07 Å². The Labute approximate surface area is 200 Å². The summed E-state index contributed by atoms with van der Waals surface area (Å²) in [6, 6.07) is 4.90. The number of carbonyl (C=O) groups is 1. The van der Waals surface area contributed by atoms with E-state index in [9.17, 15) is 13.6 Å². The number of pyridine rings is 1. The lowest BCUT2D eigenvalue weighted by molar-refractivity contribution is 0.102. The Morgan fingerprint density at radius 2 is 1.94 bits per heavy atom. The minimum atomic E-state index is -0.517. The average Bonchev–Trinajstić information content (AvgIpc) is 3.50. The van der Waals surface area contributed by atoms with Crippen molar-refractivity contribution in [1.82, 2.24) is 24.3 Å². The predicted molar refractivity (Wildman–Crippen MR) is 129 cm³/mol. The summed E-state index contributed by atoms with van der Waals surface area (Å²) in [6.07, 6.45) is 8.62. The van der Waals surface area contributed by atoms with Gasteiger partial charge in [0.05, 0.1) is 22.6 Å². The number of hydrogen-bond acceptors (Lipinski definition) is 6. The van der Waals surface area contributed by atoms with Crippen molar-refractivity contribution in [3.05, 3.63) is 60.1 Å². The molecule has 0 bridgehead atoms. The van der Waals surface area contributed by atoms with Gasteiger partial charge in [-0.25, -0.2) is 13.8 Å². The maximum Gasteiger partial charge on any atom is 0.257 e. The Bertz CT molecular complexity index is 1450. The molecule has 1 saturated carbocycles. The molecule has 3 aromatic heterocycles. The summed E-state index contributed by atoms with van der Waals surface area (Å²) in [5.41, 5.74) is 3.64. The topological polar surface area (TPSA) is 78.7 Å². The van der Waals surface area contributed by atoms with Gasteiger partial charge in [0.1, 0.15) is 17.7 Å². The van der Waals surface area contributed by atoms with Gasteiger partial charge in [-0.15, -0.1) is 0 Å². The van der Waals surface area contributed by atoms with Gasteiger partial charge in [0, 0.05) is 62.6 Å². The van der Waals surface area contributed by atoms with Gasteiger partial charge in [-0.05, 0) is 31.9 Å². The summed E-state index contributed by atoms with van der Waals surface area (Å²) in [4.78, 5) is 30.9. The number of benzene rings is 1. The highest BCUT2D eigenvalue weighted by atomic mass is 19.1. The van der Waals surface area contributed by atoms with E-state index in [4.69, 9.17) is 0 Å². The summed E-state index contributed by atoms with van der Waals surface area (Å²) in [7, 11) is 0. The Morgan fingerprint density at radius 3 is 2.71 bits per heavy atom. The van der Waals surface area contributed by atoms with Crippen LogP contribution in [0.25, 0.3) is 16.7 Å². The monoisotopic (exact) mass is 477 g/mol. The van der Waals surface area contributed by atoms with Crippen molar-refractivity contribution in [2.75, 3.05) is 43.1 Å². The summed E-state index contributed by atoms with van der Waals surface area (Å²) in [5, 5.41) is 2.78. The molecule has 8 nitrogen and oxygen atoms in total. The van der Waals surface area contributed by atoms with E-state index in [0.29, 0.717) is 34.5 Å². The molecule has 0 unspecified atom stereocenters. The van der Waals surface area contributed by atoms with E-state index in [0.717, 1.165) is 38.2 Å². The van der Waals surface area contributed by atoms with Crippen LogP contribution in [0, 0.1) is 12.7 Å². The van der Waals surface area contributed by atoms with Gasteiger partial charge >= 0.3 is 0 Å². The zero-order valence-electron chi connectivity index (χ0n) is 19.3. The van der Waals surface area contributed by atoms with E-state index < -0.39 is 11.7 Å². The molecule has 1 aliphatic carbocycles. The fourth-order valence-electron chi connectivity index (χ4n) is 5.22. The molecule has 180 valence electrons. The van der Waals surface area contributed by atoms with Crippen LogP contribution in [0.5, 0.6) is 0 Å². The van der Waals surface area contributed by atoms with Crippen molar-refractivity contribution in [3.63, 3.8) is 0 Å². The van der Waals surface area contributed by atoms with Crippen molar-refractivity contribution in [3.8, 4) is 0 Å². The molecular weight excluding hydrogens is 452 g/mol. The molecule has 10 heteroatoms. The second-order valence-corrected chi connectivity index (χ2v) is 9.35. The van der Waals surface area contributed by atoms with Crippen LogP contribution in [0.4, 0.5) is 20.2 Å². The third-order valence-electron chi connectivity index (χ3n) is 7.05. The van der Waals surface area contributed by atoms with Gasteiger partial charge in [0.2, 0.25) is 0 Å². The van der Waals surface area contributed by atoms with E-state index in [1.54, 1.807) is 42.2 Å². The molecule has 1 saturated heterocycles. The van der Waals surface area contributed by atoms with Crippen LogP contribution in [0.3, 0.4) is 0 Å². The van der Waals surface area contributed by atoms with Gasteiger partial charge in [0.25, 0.3) is 5.91 Å². The number of piperazine rings is 1. The number of nitrogens with one attached hydrogen (secondary N) is 1. The zero-order chi connectivity index (χ0) is 24.2. The van der Waals surface area contributed by atoms with Gasteiger partial charge in [-0.2, -0.15) is 0 Å². The molecule has 1 aromatic carbocycles. The maximum atomic E-state index is 14.5. The largest absolute Gasteiger partial charge is 0.367 e. The molecule has 6 rings (SSSR count). The number of fused-ring (bicyclic) bond motifs is 2. The summed E-state index contributed by atoms with van der Waals surface area (Å²) in [5.74, 6) is -0.916. The van der Waals surface area contributed by atoms with E-state index >= 15 is 0 Å². The van der Waals surface area contributed by atoms with Crippen LogP contribution in [-0.4, -0.2) is 68.6 Å². The average molecular weight is 478 g/mol. The highest BCUT2D eigenvalue weighted by Crippen LogP contribution is 2.45. The summed E-state index contributed by atoms with van der Waals surface area (Å²) < 4.78 is 29.1. The van der Waals surface area contributed by atoms with E-state index in [-0.39, 0.29) is 17.9 Å². The Kier molecular flexibility index (Phi) is 5.14. The number of anilines is 2. The molecule has 4 aromatic rings. The quantitative estimate of drug-likeness (QED) is 0.473. The smallest absolute Gasteiger partial charge is 0.257 e. The second-order valence-electron chi connectivity index (χ2n) is 9.35. The van der Waals surface area contributed by atoms with Crippen molar-refractivity contribution >= 4 is 34.0 Å². The van der Waals surface area contributed by atoms with Gasteiger partial charge in [-0.1, -0.05) is 0 Å². The molecular formula is C25H25F2N7O. The zero-order valence-corrected chi connectivity index (χ0v) is 19.3. The van der Waals surface area contributed by atoms with Crippen LogP contribution in [0.2, 0.25) is 0 Å². The van der Waals surface area contributed by atoms with E-state index in [2.05, 4.69) is 30.1 Å². The van der Waals surface area contributed by atoms with Crippen LogP contribution >= 0.6 is 0 Å². The first-order valence-corrected chi connectivity index (χ1v) is 11.7. The van der Waals surface area contributed by atoms with Gasteiger partial charge in [-0.3, -0.25) is 19.7 Å². The number of rotatable bonds is 5. The number of aryl methyl sites for hydroxylation is 1. The number of imidazole rings is 1. The third kappa shape index (κ3) is 3.78. The summed E-state index contributed by atoms with van der Waals surface area (Å²) in [6.45, 7) is 4.25. The number of nitrogens with zero attached hydrogens (tertiary/aromatic N) is 6. The molecule has 4 heterocycles. The lowest BCUT2D eigenvalue weighted by Crippen LogP contribution is -2.55. The van der Waals surface area contributed by atoms with E-state index in [1.807, 2.05) is 6.07 Å². The first-order chi connectivity index (χ1) is 17.0. The molecule has 35 heavy (non-hydrogen) atoms. The standard InChI is InChI=1S/C25H25F2N7O/c1-16-13-33-14-17(12-19(27)23(33)30-16)31-24(35)18-2-3-20(22-21(18)28-7-8-29-22)32-10-11-34(9-6-26)25(15-32)4-5-25/h2-3,7-8,12-14H,4-6,9-11,15H2,1H3,(H,31,35). The van der Waals surface area contributed by atoms with Gasteiger partial charge in [0.15, 0.2) is 11.5 Å². The van der Waals surface area contributed by atoms with Crippen LogP contribution < -0.4 is 10.2 Å². The maximum absolute atomic E-state index is 14.5. The minimum Gasteiger partial charge on any atom is -0.367 e. The molecule has 0 atom stereocenters. The molecule has 2 fully saturated rings. The van der Waals surface area contributed by atoms with Crippen LogP contribution in [-0.2, 0) is 0 Å². The fraction of sp³-hybridized carbons (Fsp3) is 0.360. The Hall–Kier alpha value is -3.66. The van der Waals surface area contributed by atoms with Crippen LogP contribution in [0.1, 0.15) is 28.9 Å². The lowest BCUT2D eigenvalue weighted by Gasteiger charge is -2.43. The molecule has 1 aliphatic heterocycles. The number of carbonyl (C=O) groups excluding carboxylic acids is 1. The number of alkyl halides is 1. The summed E-state index contributed by atoms with van der Waals surface area (Å²) >= 11 is 0. The lowest BCUT2D eigenvalue weighted by atomic mass is 10.1. The third-order valence-corrected chi connectivity index (χ3v) is 7.05. The molecule has 1 N–H and O–H groups in total.